The van der Waals surface area contributed by atoms with E-state index in [2.05, 4.69) is 24.5 Å². The number of hydrogen-bond acceptors (Lipinski definition) is 8. The van der Waals surface area contributed by atoms with Crippen molar-refractivity contribution in [3.63, 3.8) is 0 Å². The zero-order valence-electron chi connectivity index (χ0n) is 27.7. The highest BCUT2D eigenvalue weighted by atomic mass is 32.1. The van der Waals surface area contributed by atoms with Crippen LogP contribution in [0.5, 0.6) is 11.8 Å². The Morgan fingerprint density at radius 3 is 2.02 bits per heavy atom. The van der Waals surface area contributed by atoms with Gasteiger partial charge in [0, 0.05) is 45.0 Å². The van der Waals surface area contributed by atoms with E-state index in [9.17, 15) is 9.59 Å². The van der Waals surface area contributed by atoms with Gasteiger partial charge in [-0.25, -0.2) is 22.1 Å². The summed E-state index contributed by atoms with van der Waals surface area (Å²) in [5.41, 5.74) is 4.26. The van der Waals surface area contributed by atoms with Gasteiger partial charge in [0.25, 0.3) is 0 Å². The van der Waals surface area contributed by atoms with E-state index in [1.165, 1.54) is 0 Å². The minimum absolute atomic E-state index is 0.216. The normalized spacial score (nSPS) is 13.1. The van der Waals surface area contributed by atoms with Crippen LogP contribution in [-0.4, -0.2) is 64.0 Å². The van der Waals surface area contributed by atoms with Gasteiger partial charge in [0.1, 0.15) is 24.5 Å². The number of thiol groups is 1. The number of benzene rings is 3. The van der Waals surface area contributed by atoms with Crippen molar-refractivity contribution in [3.8, 4) is 17.4 Å². The molecule has 3 heterocycles. The SMILES string of the molecule is Cn1c(=O)n(-c2ccc(OCc3ccccc3)nc2OCc2ccccc2)c2ccc(N3CCN(C(=O)OC(C)(C)C)CC3)cc21.[B]S. The van der Waals surface area contributed by atoms with Crippen LogP contribution >= 0.6 is 12.5 Å². The fourth-order valence-electron chi connectivity index (χ4n) is 5.46. The molecule has 0 N–H and O–H groups in total. The number of aromatic nitrogens is 3. The highest BCUT2D eigenvalue weighted by Crippen LogP contribution is 2.30. The van der Waals surface area contributed by atoms with Crippen molar-refractivity contribution in [3.05, 3.63) is 113 Å². The maximum Gasteiger partial charge on any atom is 0.410 e. The number of piperazine rings is 1. The summed E-state index contributed by atoms with van der Waals surface area (Å²) in [6, 6.07) is 29.3. The Kier molecular flexibility index (Phi) is 11.1. The quantitative estimate of drug-likeness (QED) is 0.162. The molecule has 1 aliphatic rings. The van der Waals surface area contributed by atoms with Gasteiger partial charge in [-0.05, 0) is 56.2 Å². The summed E-state index contributed by atoms with van der Waals surface area (Å²) < 4.78 is 21.1. The van der Waals surface area contributed by atoms with Crippen molar-refractivity contribution in [1.29, 1.82) is 0 Å². The number of carbonyl (C=O) groups is 1. The first-order chi connectivity index (χ1) is 23.2. The van der Waals surface area contributed by atoms with E-state index in [-0.39, 0.29) is 18.4 Å². The average Bonchev–Trinajstić information content (AvgIpc) is 3.35. The molecule has 0 unspecified atom stereocenters. The van der Waals surface area contributed by atoms with Crippen LogP contribution < -0.4 is 20.1 Å². The van der Waals surface area contributed by atoms with Crippen molar-refractivity contribution in [2.75, 3.05) is 31.1 Å². The molecule has 1 saturated heterocycles. The number of carbonyl (C=O) groups excluding carboxylic acids is 1. The van der Waals surface area contributed by atoms with Gasteiger partial charge in [-0.2, -0.15) is 4.98 Å². The fourth-order valence-corrected chi connectivity index (χ4v) is 5.46. The molecule has 10 nitrogen and oxygen atoms in total. The van der Waals surface area contributed by atoms with Gasteiger partial charge in [-0.1, -0.05) is 60.7 Å². The summed E-state index contributed by atoms with van der Waals surface area (Å²) in [6.45, 7) is 8.67. The zero-order chi connectivity index (χ0) is 34.3. The summed E-state index contributed by atoms with van der Waals surface area (Å²) >= 11 is 3.03. The third-order valence-corrected chi connectivity index (χ3v) is 7.84. The lowest BCUT2D eigenvalue weighted by molar-refractivity contribution is 0.0240. The van der Waals surface area contributed by atoms with Gasteiger partial charge in [-0.15, -0.1) is 0 Å². The maximum absolute atomic E-state index is 13.8. The van der Waals surface area contributed by atoms with Crippen molar-refractivity contribution in [1.82, 2.24) is 19.0 Å². The van der Waals surface area contributed by atoms with Gasteiger partial charge in [0.2, 0.25) is 11.8 Å². The Hall–Kier alpha value is -4.84. The predicted octanol–water partition coefficient (Wildman–Crippen LogP) is 5.94. The first kappa shape index (κ1) is 34.5. The number of hydrogen-bond donors (Lipinski definition) is 1. The van der Waals surface area contributed by atoms with Gasteiger partial charge in [0.15, 0.2) is 7.12 Å². The van der Waals surface area contributed by atoms with Crippen LogP contribution in [0.2, 0.25) is 0 Å². The third-order valence-electron chi connectivity index (χ3n) is 7.84. The van der Waals surface area contributed by atoms with Crippen LogP contribution in [-0.2, 0) is 25.0 Å². The number of nitrogens with zero attached hydrogens (tertiary/aromatic N) is 5. The molecule has 0 aliphatic carbocycles. The van der Waals surface area contributed by atoms with Crippen LogP contribution in [0.15, 0.2) is 95.8 Å². The molecule has 0 atom stereocenters. The van der Waals surface area contributed by atoms with Crippen molar-refractivity contribution in [2.45, 2.75) is 39.6 Å². The number of aryl methyl sites for hydroxylation is 1. The van der Waals surface area contributed by atoms with Crippen molar-refractivity contribution in [2.24, 2.45) is 7.05 Å². The van der Waals surface area contributed by atoms with E-state index < -0.39 is 5.60 Å². The van der Waals surface area contributed by atoms with Crippen LogP contribution in [0.25, 0.3) is 16.7 Å². The molecule has 1 fully saturated rings. The Balaban J connectivity index is 0.00000221. The van der Waals surface area contributed by atoms with E-state index >= 15 is 0 Å². The van der Waals surface area contributed by atoms with E-state index in [0.717, 1.165) is 27.8 Å². The average molecular weight is 666 g/mol. The second-order valence-corrected chi connectivity index (χ2v) is 12.3. The fraction of sp³-hybridized carbons (Fsp3) is 0.306. The summed E-state index contributed by atoms with van der Waals surface area (Å²) in [5.74, 6) is 0.697. The zero-order valence-corrected chi connectivity index (χ0v) is 28.6. The highest BCUT2D eigenvalue weighted by Gasteiger charge is 2.27. The topological polar surface area (TPSA) is 91.1 Å². The van der Waals surface area contributed by atoms with Gasteiger partial charge >= 0.3 is 11.8 Å². The molecule has 12 heteroatoms. The molecule has 0 spiro atoms. The van der Waals surface area contributed by atoms with Crippen LogP contribution in [0.1, 0.15) is 31.9 Å². The van der Waals surface area contributed by atoms with Gasteiger partial charge < -0.3 is 24.0 Å². The summed E-state index contributed by atoms with van der Waals surface area (Å²) in [6.07, 6.45) is -0.294. The van der Waals surface area contributed by atoms with Crippen LogP contribution in [0, 0.1) is 0 Å². The number of pyridine rings is 1. The second kappa shape index (κ2) is 15.4. The summed E-state index contributed by atoms with van der Waals surface area (Å²) in [5, 5.41) is 0. The lowest BCUT2D eigenvalue weighted by atomic mass is 10.2. The van der Waals surface area contributed by atoms with Crippen LogP contribution in [0.3, 0.4) is 0 Å². The Morgan fingerprint density at radius 2 is 1.42 bits per heavy atom. The molecule has 3 aromatic carbocycles. The van der Waals surface area contributed by atoms with Crippen molar-refractivity contribution < 1.29 is 19.0 Å². The summed E-state index contributed by atoms with van der Waals surface area (Å²) in [7, 11) is 5.96. The minimum Gasteiger partial charge on any atom is -0.473 e. The van der Waals surface area contributed by atoms with E-state index in [0.29, 0.717) is 50.2 Å². The third kappa shape index (κ3) is 8.17. The second-order valence-electron chi connectivity index (χ2n) is 12.3. The van der Waals surface area contributed by atoms with Crippen molar-refractivity contribution >= 4 is 42.4 Å². The molecule has 1 amide bonds. The lowest BCUT2D eigenvalue weighted by Gasteiger charge is -2.36. The number of fused-ring (bicyclic) bond motifs is 1. The van der Waals surface area contributed by atoms with Crippen LogP contribution in [0.4, 0.5) is 10.5 Å². The molecule has 2 aromatic heterocycles. The first-order valence-electron chi connectivity index (χ1n) is 15.7. The molecular formula is C36H40BN5O5S. The predicted molar refractivity (Wildman–Crippen MR) is 193 cm³/mol. The summed E-state index contributed by atoms with van der Waals surface area (Å²) in [4.78, 5) is 35.0. The maximum atomic E-state index is 13.8. The molecule has 1 aliphatic heterocycles. The number of amides is 1. The monoisotopic (exact) mass is 665 g/mol. The molecule has 5 aromatic rings. The minimum atomic E-state index is -0.533. The molecular weight excluding hydrogens is 625 g/mol. The standard InChI is InChI=1S/C36H39N5O5.BHS/c1-36(2,3)46-35(43)40-21-19-39(20-22-40)28-15-16-29-31(23-28)38(4)34(42)41(29)30-17-18-32(44-24-26-11-7-5-8-12-26)37-33(30)45-25-27-13-9-6-10-14-27;1-2/h5-18,23H,19-22,24-25H2,1-4H3;2H. The largest absolute Gasteiger partial charge is 0.473 e. The molecule has 6 rings (SSSR count). The number of imidazole rings is 1. The Bertz CT molecular complexity index is 1880. The van der Waals surface area contributed by atoms with E-state index in [4.69, 9.17) is 19.2 Å². The number of anilines is 1. The molecule has 0 bridgehead atoms. The Labute approximate surface area is 287 Å². The molecule has 2 radical (unpaired) electrons. The molecule has 48 heavy (non-hydrogen) atoms. The van der Waals surface area contributed by atoms with E-state index in [1.807, 2.05) is 106 Å². The Morgan fingerprint density at radius 1 is 0.812 bits per heavy atom. The number of rotatable bonds is 8. The number of ether oxygens (including phenoxy) is 3. The van der Waals surface area contributed by atoms with E-state index in [1.54, 1.807) is 27.1 Å². The lowest BCUT2D eigenvalue weighted by Crippen LogP contribution is -2.50. The van der Waals surface area contributed by atoms with Gasteiger partial charge in [0.05, 0.1) is 11.0 Å². The van der Waals surface area contributed by atoms with Gasteiger partial charge in [-0.3, -0.25) is 9.13 Å². The highest BCUT2D eigenvalue weighted by molar-refractivity contribution is 8.03. The molecule has 0 saturated carbocycles. The molecule has 248 valence electrons. The first-order valence-corrected chi connectivity index (χ1v) is 16.2. The smallest absolute Gasteiger partial charge is 0.410 e.